The second-order valence-electron chi connectivity index (χ2n) is 5.41. The maximum Gasteiger partial charge on any atom is 0.232 e. The highest BCUT2D eigenvalue weighted by Gasteiger charge is 2.41. The third-order valence-corrected chi connectivity index (χ3v) is 5.23. The van der Waals surface area contributed by atoms with Crippen LogP contribution < -0.4 is 10.2 Å². The standard InChI is InChI=1S/C14H18N2O4S/c1-3-16-10-5-4-6-12(21(2,18)19)13(10)15-14(17)9-7-20-8-11(9)16/h4-6,9,11H,3,7-8H2,1-2H3,(H,15,17). The number of fused-ring (bicyclic) bond motifs is 2. The molecule has 0 aromatic heterocycles. The van der Waals surface area contributed by atoms with Crippen LogP contribution in [0.1, 0.15) is 6.92 Å². The predicted octanol–water partition coefficient (Wildman–Crippen LogP) is 0.883. The first kappa shape index (κ1) is 14.3. The van der Waals surface area contributed by atoms with Gasteiger partial charge in [0, 0.05) is 12.8 Å². The van der Waals surface area contributed by atoms with E-state index in [9.17, 15) is 13.2 Å². The number of para-hydroxylation sites is 1. The van der Waals surface area contributed by atoms with Crippen LogP contribution in [0.2, 0.25) is 0 Å². The van der Waals surface area contributed by atoms with Gasteiger partial charge in [0.05, 0.1) is 41.4 Å². The van der Waals surface area contributed by atoms with Crippen LogP contribution in [-0.4, -0.2) is 46.4 Å². The molecule has 1 N–H and O–H groups in total. The van der Waals surface area contributed by atoms with Crippen molar-refractivity contribution in [2.45, 2.75) is 17.9 Å². The van der Waals surface area contributed by atoms with Crippen LogP contribution in [0.5, 0.6) is 0 Å². The second kappa shape index (κ2) is 4.99. The Balaban J connectivity index is 2.21. The summed E-state index contributed by atoms with van der Waals surface area (Å²) in [6.45, 7) is 3.52. The van der Waals surface area contributed by atoms with Gasteiger partial charge in [-0.05, 0) is 19.1 Å². The van der Waals surface area contributed by atoms with Gasteiger partial charge in [0.2, 0.25) is 5.91 Å². The Hall–Kier alpha value is -1.60. The van der Waals surface area contributed by atoms with Crippen LogP contribution in [-0.2, 0) is 19.4 Å². The van der Waals surface area contributed by atoms with Crippen molar-refractivity contribution in [2.24, 2.45) is 5.92 Å². The zero-order valence-corrected chi connectivity index (χ0v) is 12.8. The number of carbonyl (C=O) groups excluding carboxylic acids is 1. The molecule has 2 aliphatic heterocycles. The van der Waals surface area contributed by atoms with Crippen LogP contribution in [0.25, 0.3) is 0 Å². The maximum absolute atomic E-state index is 12.4. The van der Waals surface area contributed by atoms with Crippen LogP contribution in [0.15, 0.2) is 23.1 Å². The number of amides is 1. The van der Waals surface area contributed by atoms with E-state index in [0.717, 1.165) is 11.9 Å². The summed E-state index contributed by atoms with van der Waals surface area (Å²) in [7, 11) is -3.41. The van der Waals surface area contributed by atoms with E-state index in [4.69, 9.17) is 4.74 Å². The van der Waals surface area contributed by atoms with Crippen molar-refractivity contribution >= 4 is 27.1 Å². The van der Waals surface area contributed by atoms with Crippen LogP contribution >= 0.6 is 0 Å². The number of nitrogens with one attached hydrogen (secondary N) is 1. The summed E-state index contributed by atoms with van der Waals surface area (Å²) < 4.78 is 29.4. The lowest BCUT2D eigenvalue weighted by Crippen LogP contribution is -2.42. The fourth-order valence-electron chi connectivity index (χ4n) is 3.09. The summed E-state index contributed by atoms with van der Waals surface area (Å²) in [4.78, 5) is 14.6. The molecule has 2 heterocycles. The summed E-state index contributed by atoms with van der Waals surface area (Å²) in [5.41, 5.74) is 1.13. The summed E-state index contributed by atoms with van der Waals surface area (Å²) in [6.07, 6.45) is 1.15. The molecule has 21 heavy (non-hydrogen) atoms. The molecule has 6 nitrogen and oxygen atoms in total. The molecule has 1 aromatic carbocycles. The number of rotatable bonds is 2. The number of sulfone groups is 1. The normalized spacial score (nSPS) is 25.0. The molecule has 0 bridgehead atoms. The minimum Gasteiger partial charge on any atom is -0.378 e. The van der Waals surface area contributed by atoms with Crippen LogP contribution in [0.4, 0.5) is 11.4 Å². The average molecular weight is 310 g/mol. The van der Waals surface area contributed by atoms with Crippen molar-refractivity contribution in [3.63, 3.8) is 0 Å². The van der Waals surface area contributed by atoms with Gasteiger partial charge in [-0.15, -0.1) is 0 Å². The first-order valence-corrected chi connectivity index (χ1v) is 8.81. The quantitative estimate of drug-likeness (QED) is 0.878. The molecule has 7 heteroatoms. The monoisotopic (exact) mass is 310 g/mol. The van der Waals surface area contributed by atoms with Crippen molar-refractivity contribution in [1.82, 2.24) is 0 Å². The van der Waals surface area contributed by atoms with Gasteiger partial charge in [-0.2, -0.15) is 0 Å². The average Bonchev–Trinajstić information content (AvgIpc) is 2.85. The molecule has 1 aromatic rings. The van der Waals surface area contributed by atoms with E-state index < -0.39 is 9.84 Å². The van der Waals surface area contributed by atoms with E-state index in [1.807, 2.05) is 13.0 Å². The van der Waals surface area contributed by atoms with Gasteiger partial charge in [-0.25, -0.2) is 8.42 Å². The van der Waals surface area contributed by atoms with E-state index in [1.54, 1.807) is 6.07 Å². The Kier molecular flexibility index (Phi) is 3.41. The van der Waals surface area contributed by atoms with Gasteiger partial charge in [0.1, 0.15) is 0 Å². The Morgan fingerprint density at radius 3 is 2.81 bits per heavy atom. The smallest absolute Gasteiger partial charge is 0.232 e. The van der Waals surface area contributed by atoms with Gasteiger partial charge >= 0.3 is 0 Å². The van der Waals surface area contributed by atoms with Gasteiger partial charge in [0.15, 0.2) is 9.84 Å². The summed E-state index contributed by atoms with van der Waals surface area (Å²) >= 11 is 0. The first-order chi connectivity index (χ1) is 9.93. The number of hydrogen-bond acceptors (Lipinski definition) is 5. The minimum atomic E-state index is -3.41. The molecule has 1 amide bonds. The van der Waals surface area contributed by atoms with Crippen molar-refractivity contribution in [3.05, 3.63) is 18.2 Å². The largest absolute Gasteiger partial charge is 0.378 e. The fourth-order valence-corrected chi connectivity index (χ4v) is 3.95. The lowest BCUT2D eigenvalue weighted by Gasteiger charge is -2.30. The van der Waals surface area contributed by atoms with Crippen molar-refractivity contribution in [1.29, 1.82) is 0 Å². The Labute approximate surface area is 124 Å². The molecule has 1 saturated heterocycles. The minimum absolute atomic E-state index is 0.0499. The number of ether oxygens (including phenoxy) is 1. The zero-order valence-electron chi connectivity index (χ0n) is 12.0. The van der Waals surface area contributed by atoms with E-state index in [-0.39, 0.29) is 22.8 Å². The number of hydrogen-bond donors (Lipinski definition) is 1. The SMILES string of the molecule is CCN1c2cccc(S(C)(=O)=O)c2NC(=O)C2COCC21. The van der Waals surface area contributed by atoms with Gasteiger partial charge in [-0.3, -0.25) is 4.79 Å². The second-order valence-corrected chi connectivity index (χ2v) is 7.39. The summed E-state index contributed by atoms with van der Waals surface area (Å²) in [5, 5.41) is 2.79. The molecule has 0 radical (unpaired) electrons. The zero-order chi connectivity index (χ0) is 15.2. The summed E-state index contributed by atoms with van der Waals surface area (Å²) in [6, 6.07) is 5.03. The lowest BCUT2D eigenvalue weighted by atomic mass is 10.0. The molecule has 2 unspecified atom stereocenters. The lowest BCUT2D eigenvalue weighted by molar-refractivity contribution is -0.120. The fraction of sp³-hybridized carbons (Fsp3) is 0.500. The number of anilines is 2. The van der Waals surface area contributed by atoms with Crippen molar-refractivity contribution < 1.29 is 17.9 Å². The Bertz CT molecular complexity index is 686. The highest BCUT2D eigenvalue weighted by molar-refractivity contribution is 7.90. The van der Waals surface area contributed by atoms with Gasteiger partial charge < -0.3 is 15.0 Å². The molecule has 0 saturated carbocycles. The van der Waals surface area contributed by atoms with E-state index in [2.05, 4.69) is 10.2 Å². The topological polar surface area (TPSA) is 75.7 Å². The van der Waals surface area contributed by atoms with E-state index in [1.165, 1.54) is 6.07 Å². The van der Waals surface area contributed by atoms with E-state index in [0.29, 0.717) is 25.4 Å². The number of nitrogens with zero attached hydrogens (tertiary/aromatic N) is 1. The molecule has 0 aliphatic carbocycles. The van der Waals surface area contributed by atoms with Crippen molar-refractivity contribution in [3.8, 4) is 0 Å². The Morgan fingerprint density at radius 2 is 2.14 bits per heavy atom. The molecule has 114 valence electrons. The third kappa shape index (κ3) is 2.30. The third-order valence-electron chi connectivity index (χ3n) is 4.09. The highest BCUT2D eigenvalue weighted by atomic mass is 32.2. The molecule has 0 spiro atoms. The molecule has 2 atom stereocenters. The van der Waals surface area contributed by atoms with Crippen LogP contribution in [0.3, 0.4) is 0 Å². The van der Waals surface area contributed by atoms with Crippen LogP contribution in [0, 0.1) is 5.92 Å². The molecular weight excluding hydrogens is 292 g/mol. The van der Waals surface area contributed by atoms with Gasteiger partial charge in [-0.1, -0.05) is 6.07 Å². The Morgan fingerprint density at radius 1 is 1.38 bits per heavy atom. The molecule has 3 rings (SSSR count). The molecule has 1 fully saturated rings. The molecular formula is C14H18N2O4S. The summed E-state index contributed by atoms with van der Waals surface area (Å²) in [5.74, 6) is -0.449. The van der Waals surface area contributed by atoms with Gasteiger partial charge in [0.25, 0.3) is 0 Å². The molecule has 2 aliphatic rings. The number of carbonyl (C=O) groups is 1. The predicted molar refractivity (Wildman–Crippen MR) is 79.3 cm³/mol. The highest BCUT2D eigenvalue weighted by Crippen LogP contribution is 2.39. The first-order valence-electron chi connectivity index (χ1n) is 6.91. The van der Waals surface area contributed by atoms with Crippen molar-refractivity contribution in [2.75, 3.05) is 36.2 Å². The maximum atomic E-state index is 12.4. The number of benzene rings is 1. The number of likely N-dealkylation sites (N-methyl/N-ethyl adjacent to an activating group) is 1. The van der Waals surface area contributed by atoms with E-state index >= 15 is 0 Å².